The number of carbonyl (C=O) groups is 1. The molecule has 1 saturated heterocycles. The molecule has 3 heterocycles. The SMILES string of the molecule is O=C1ON=C(c2ccccc2)/C1=C\c1ccc(N2CCNCC2)s1. The van der Waals surface area contributed by atoms with Crippen molar-refractivity contribution in [2.24, 2.45) is 5.16 Å². The van der Waals surface area contributed by atoms with E-state index in [1.807, 2.05) is 42.5 Å². The first-order chi connectivity index (χ1) is 11.8. The number of piperazine rings is 1. The molecule has 0 atom stereocenters. The number of benzene rings is 1. The zero-order valence-corrected chi connectivity index (χ0v) is 13.9. The number of nitrogens with one attached hydrogen (secondary N) is 1. The molecule has 0 radical (unpaired) electrons. The van der Waals surface area contributed by atoms with Gasteiger partial charge in [-0.05, 0) is 18.2 Å². The Bertz CT molecular complexity index is 805. The summed E-state index contributed by atoms with van der Waals surface area (Å²) in [6, 6.07) is 13.8. The third kappa shape index (κ3) is 2.98. The zero-order chi connectivity index (χ0) is 16.4. The van der Waals surface area contributed by atoms with Crippen molar-refractivity contribution in [2.75, 3.05) is 31.1 Å². The van der Waals surface area contributed by atoms with Gasteiger partial charge < -0.3 is 15.1 Å². The van der Waals surface area contributed by atoms with Crippen molar-refractivity contribution in [3.05, 3.63) is 58.5 Å². The summed E-state index contributed by atoms with van der Waals surface area (Å²) in [5, 5.41) is 8.53. The second-order valence-corrected chi connectivity index (χ2v) is 6.75. The molecule has 24 heavy (non-hydrogen) atoms. The first-order valence-electron chi connectivity index (χ1n) is 7.93. The summed E-state index contributed by atoms with van der Waals surface area (Å²) in [5.74, 6) is -0.397. The Morgan fingerprint density at radius 2 is 1.92 bits per heavy atom. The minimum Gasteiger partial charge on any atom is -0.361 e. The fourth-order valence-corrected chi connectivity index (χ4v) is 3.83. The summed E-state index contributed by atoms with van der Waals surface area (Å²) in [6.07, 6.45) is 1.87. The number of hydrogen-bond donors (Lipinski definition) is 1. The van der Waals surface area contributed by atoms with E-state index in [0.717, 1.165) is 36.6 Å². The molecule has 2 aliphatic heterocycles. The number of anilines is 1. The Morgan fingerprint density at radius 1 is 1.12 bits per heavy atom. The Hall–Kier alpha value is -2.44. The van der Waals surface area contributed by atoms with Gasteiger partial charge >= 0.3 is 5.97 Å². The molecule has 6 heteroatoms. The number of hydrogen-bond acceptors (Lipinski definition) is 6. The lowest BCUT2D eigenvalue weighted by Gasteiger charge is -2.27. The molecule has 2 aromatic rings. The van der Waals surface area contributed by atoms with Crippen molar-refractivity contribution < 1.29 is 9.63 Å². The Balaban J connectivity index is 1.61. The van der Waals surface area contributed by atoms with E-state index in [0.29, 0.717) is 11.3 Å². The van der Waals surface area contributed by atoms with E-state index in [4.69, 9.17) is 4.84 Å². The summed E-state index contributed by atoms with van der Waals surface area (Å²) in [6.45, 7) is 4.03. The summed E-state index contributed by atoms with van der Waals surface area (Å²) >= 11 is 1.68. The van der Waals surface area contributed by atoms with Crippen LogP contribution in [-0.2, 0) is 9.63 Å². The van der Waals surface area contributed by atoms with Crippen molar-refractivity contribution in [1.82, 2.24) is 5.32 Å². The second-order valence-electron chi connectivity index (χ2n) is 5.66. The molecule has 2 aliphatic rings. The van der Waals surface area contributed by atoms with E-state index in [9.17, 15) is 4.79 Å². The maximum atomic E-state index is 12.1. The van der Waals surface area contributed by atoms with Crippen LogP contribution in [-0.4, -0.2) is 37.9 Å². The molecule has 1 aromatic carbocycles. The molecule has 122 valence electrons. The molecular weight excluding hydrogens is 322 g/mol. The molecular formula is C18H17N3O2S. The van der Waals surface area contributed by atoms with Crippen LogP contribution in [0.5, 0.6) is 0 Å². The molecule has 0 bridgehead atoms. The highest BCUT2D eigenvalue weighted by molar-refractivity contribution is 7.17. The highest BCUT2D eigenvalue weighted by atomic mass is 32.1. The van der Waals surface area contributed by atoms with E-state index in [-0.39, 0.29) is 0 Å². The maximum Gasteiger partial charge on any atom is 0.368 e. The van der Waals surface area contributed by atoms with Crippen LogP contribution >= 0.6 is 11.3 Å². The van der Waals surface area contributed by atoms with E-state index in [1.165, 1.54) is 5.00 Å². The van der Waals surface area contributed by atoms with Gasteiger partial charge in [0.2, 0.25) is 0 Å². The van der Waals surface area contributed by atoms with E-state index in [2.05, 4.69) is 21.4 Å². The number of oxime groups is 1. The lowest BCUT2D eigenvalue weighted by atomic mass is 10.0. The van der Waals surface area contributed by atoms with Crippen LogP contribution in [0.2, 0.25) is 0 Å². The van der Waals surface area contributed by atoms with E-state index in [1.54, 1.807) is 11.3 Å². The van der Waals surface area contributed by atoms with Gasteiger partial charge in [-0.3, -0.25) is 0 Å². The third-order valence-electron chi connectivity index (χ3n) is 4.07. The van der Waals surface area contributed by atoms with Crippen molar-refractivity contribution in [3.8, 4) is 0 Å². The van der Waals surface area contributed by atoms with Crippen LogP contribution in [0.15, 0.2) is 53.2 Å². The van der Waals surface area contributed by atoms with Crippen LogP contribution in [0.25, 0.3) is 6.08 Å². The van der Waals surface area contributed by atoms with Crippen molar-refractivity contribution in [2.45, 2.75) is 0 Å². The molecule has 4 rings (SSSR count). The largest absolute Gasteiger partial charge is 0.368 e. The Labute approximate surface area is 144 Å². The van der Waals surface area contributed by atoms with Crippen molar-refractivity contribution >= 4 is 34.1 Å². The Kier molecular flexibility index (Phi) is 4.15. The molecule has 0 saturated carbocycles. The second kappa shape index (κ2) is 6.59. The molecule has 1 N–H and O–H groups in total. The van der Waals surface area contributed by atoms with Gasteiger partial charge in [-0.15, -0.1) is 11.3 Å². The minimum absolute atomic E-state index is 0.397. The average molecular weight is 339 g/mol. The van der Waals surface area contributed by atoms with Crippen LogP contribution in [0.3, 0.4) is 0 Å². The lowest BCUT2D eigenvalue weighted by Crippen LogP contribution is -2.43. The zero-order valence-electron chi connectivity index (χ0n) is 13.1. The number of carbonyl (C=O) groups excluding carboxylic acids is 1. The lowest BCUT2D eigenvalue weighted by molar-refractivity contribution is -0.136. The van der Waals surface area contributed by atoms with E-state index < -0.39 is 5.97 Å². The van der Waals surface area contributed by atoms with E-state index >= 15 is 0 Å². The fraction of sp³-hybridized carbons (Fsp3) is 0.222. The van der Waals surface area contributed by atoms with Crippen LogP contribution in [0.4, 0.5) is 5.00 Å². The first kappa shape index (κ1) is 15.1. The van der Waals surface area contributed by atoms with Gasteiger partial charge in [-0.2, -0.15) is 0 Å². The van der Waals surface area contributed by atoms with Crippen LogP contribution < -0.4 is 10.2 Å². The minimum atomic E-state index is -0.397. The van der Waals surface area contributed by atoms with Gasteiger partial charge in [0.1, 0.15) is 5.71 Å². The van der Waals surface area contributed by atoms with Crippen molar-refractivity contribution in [3.63, 3.8) is 0 Å². The van der Waals surface area contributed by atoms with Gasteiger partial charge in [0.25, 0.3) is 0 Å². The van der Waals surface area contributed by atoms with Crippen molar-refractivity contribution in [1.29, 1.82) is 0 Å². The van der Waals surface area contributed by atoms with Gasteiger partial charge in [-0.25, -0.2) is 4.79 Å². The summed E-state index contributed by atoms with van der Waals surface area (Å²) in [5.41, 5.74) is 1.99. The predicted molar refractivity (Wildman–Crippen MR) is 96.4 cm³/mol. The van der Waals surface area contributed by atoms with Crippen LogP contribution in [0, 0.1) is 0 Å². The highest BCUT2D eigenvalue weighted by Gasteiger charge is 2.27. The normalized spacial score (nSPS) is 19.5. The van der Waals surface area contributed by atoms with Gasteiger partial charge in [0, 0.05) is 36.6 Å². The third-order valence-corrected chi connectivity index (χ3v) is 5.16. The monoisotopic (exact) mass is 339 g/mol. The molecule has 0 amide bonds. The van der Waals surface area contributed by atoms with Gasteiger partial charge in [0.15, 0.2) is 0 Å². The summed E-state index contributed by atoms with van der Waals surface area (Å²) < 4.78 is 0. The van der Waals surface area contributed by atoms with Gasteiger partial charge in [-0.1, -0.05) is 35.5 Å². The molecule has 1 aromatic heterocycles. The maximum absolute atomic E-state index is 12.1. The number of nitrogens with zero attached hydrogens (tertiary/aromatic N) is 2. The fourth-order valence-electron chi connectivity index (χ4n) is 2.83. The van der Waals surface area contributed by atoms with Crippen LogP contribution in [0.1, 0.15) is 10.4 Å². The smallest absolute Gasteiger partial charge is 0.361 e. The summed E-state index contributed by atoms with van der Waals surface area (Å²) in [4.78, 5) is 20.3. The summed E-state index contributed by atoms with van der Waals surface area (Å²) in [7, 11) is 0. The van der Waals surface area contributed by atoms with Gasteiger partial charge in [0.05, 0.1) is 10.6 Å². The average Bonchev–Trinajstić information content (AvgIpc) is 3.25. The number of thiophene rings is 1. The first-order valence-corrected chi connectivity index (χ1v) is 8.75. The molecule has 0 spiro atoms. The quantitative estimate of drug-likeness (QED) is 0.690. The molecule has 0 unspecified atom stereocenters. The Morgan fingerprint density at radius 3 is 2.71 bits per heavy atom. The topological polar surface area (TPSA) is 53.9 Å². The standard InChI is InChI=1S/C18H17N3O2S/c22-18-15(17(20-23-18)13-4-2-1-3-5-13)12-14-6-7-16(24-14)21-10-8-19-9-11-21/h1-7,12,19H,8-11H2/b15-12+. The molecule has 0 aliphatic carbocycles. The molecule has 1 fully saturated rings. The highest BCUT2D eigenvalue weighted by Crippen LogP contribution is 2.29. The molecule has 5 nitrogen and oxygen atoms in total. The predicted octanol–water partition coefficient (Wildman–Crippen LogP) is 2.50. The number of rotatable bonds is 3.